The summed E-state index contributed by atoms with van der Waals surface area (Å²) in [6, 6.07) is 9.34. The number of likely N-dealkylation sites (tertiary alicyclic amines) is 1. The highest BCUT2D eigenvalue weighted by atomic mass is 16.5. The zero-order valence-electron chi connectivity index (χ0n) is 17.4. The molecule has 6 heteroatoms. The van der Waals surface area contributed by atoms with E-state index < -0.39 is 0 Å². The van der Waals surface area contributed by atoms with Gasteiger partial charge in [0, 0.05) is 43.5 Å². The summed E-state index contributed by atoms with van der Waals surface area (Å²) in [6.07, 6.45) is 9.83. The van der Waals surface area contributed by atoms with Crippen LogP contribution >= 0.6 is 0 Å². The number of rotatable bonds is 5. The van der Waals surface area contributed by atoms with Crippen LogP contribution in [0, 0.1) is 6.92 Å². The minimum atomic E-state index is 0.423. The first-order chi connectivity index (χ1) is 14.2. The molecule has 0 bridgehead atoms. The predicted molar refractivity (Wildman–Crippen MR) is 113 cm³/mol. The van der Waals surface area contributed by atoms with E-state index in [-0.39, 0.29) is 0 Å². The van der Waals surface area contributed by atoms with Crippen LogP contribution in [0.2, 0.25) is 0 Å². The van der Waals surface area contributed by atoms with Gasteiger partial charge in [-0.15, -0.1) is 0 Å². The smallest absolute Gasteiger partial charge is 0.257 e. The van der Waals surface area contributed by atoms with Crippen LogP contribution in [0.4, 0.5) is 5.69 Å². The Hall–Kier alpha value is -1.92. The predicted octanol–water partition coefficient (Wildman–Crippen LogP) is 4.05. The molecule has 2 aromatic rings. The largest absolute Gasteiger partial charge is 0.375 e. The Morgan fingerprint density at radius 3 is 2.10 bits per heavy atom. The molecular weight excluding hydrogens is 364 g/mol. The minimum Gasteiger partial charge on any atom is -0.375 e. The average molecular weight is 397 g/mol. The first-order valence-electron chi connectivity index (χ1n) is 11.3. The normalized spacial score (nSPS) is 22.7. The van der Waals surface area contributed by atoms with Crippen molar-refractivity contribution in [3.63, 3.8) is 0 Å². The maximum absolute atomic E-state index is 6.49. The Labute approximate surface area is 173 Å². The molecule has 156 valence electrons. The van der Waals surface area contributed by atoms with Crippen LogP contribution < -0.4 is 4.90 Å². The van der Waals surface area contributed by atoms with Crippen LogP contribution in [0.15, 0.2) is 28.8 Å². The third-order valence-corrected chi connectivity index (χ3v) is 6.90. The van der Waals surface area contributed by atoms with Crippen molar-refractivity contribution in [3.8, 4) is 11.5 Å². The zero-order valence-corrected chi connectivity index (χ0v) is 17.4. The highest BCUT2D eigenvalue weighted by molar-refractivity contribution is 5.59. The Kier molecular flexibility index (Phi) is 5.55. The van der Waals surface area contributed by atoms with Gasteiger partial charge in [-0.3, -0.25) is 0 Å². The van der Waals surface area contributed by atoms with E-state index in [2.05, 4.69) is 44.2 Å². The number of nitrogens with zero attached hydrogens (tertiary/aromatic N) is 4. The Balaban J connectivity index is 1.08. The van der Waals surface area contributed by atoms with Gasteiger partial charge >= 0.3 is 0 Å². The fourth-order valence-electron chi connectivity index (χ4n) is 4.88. The maximum atomic E-state index is 6.49. The third-order valence-electron chi connectivity index (χ3n) is 6.90. The van der Waals surface area contributed by atoms with E-state index in [9.17, 15) is 0 Å². The Bertz CT molecular complexity index is 785. The number of hydrogen-bond donors (Lipinski definition) is 0. The molecule has 3 fully saturated rings. The molecule has 0 atom stereocenters. The van der Waals surface area contributed by atoms with Gasteiger partial charge in [-0.2, -0.15) is 4.98 Å². The van der Waals surface area contributed by atoms with Crippen molar-refractivity contribution in [2.75, 3.05) is 31.1 Å². The fourth-order valence-corrected chi connectivity index (χ4v) is 4.88. The lowest BCUT2D eigenvalue weighted by atomic mass is 9.89. The first kappa shape index (κ1) is 19.1. The van der Waals surface area contributed by atoms with Crippen LogP contribution in [-0.4, -0.2) is 59.5 Å². The van der Waals surface area contributed by atoms with Gasteiger partial charge in [0.2, 0.25) is 0 Å². The topological polar surface area (TPSA) is 54.6 Å². The van der Waals surface area contributed by atoms with Crippen molar-refractivity contribution in [1.82, 2.24) is 15.0 Å². The standard InChI is InChI=1S/C23H32N4O2/c1-17-24-23(29-25-17)18-5-7-20(8-6-18)27-15-11-22(12-16-27)28-21-9-13-26(14-10-21)19-3-2-4-19/h5-8,19,21-22H,2-4,9-16H2,1H3. The lowest BCUT2D eigenvalue weighted by Gasteiger charge is -2.43. The van der Waals surface area contributed by atoms with Gasteiger partial charge in [-0.25, -0.2) is 0 Å². The summed E-state index contributed by atoms with van der Waals surface area (Å²) >= 11 is 0. The Morgan fingerprint density at radius 1 is 0.897 bits per heavy atom. The van der Waals surface area contributed by atoms with E-state index in [0.717, 1.165) is 37.5 Å². The van der Waals surface area contributed by atoms with Crippen LogP contribution in [-0.2, 0) is 4.74 Å². The Morgan fingerprint density at radius 2 is 1.55 bits per heavy atom. The van der Waals surface area contributed by atoms with Gasteiger partial charge in [0.25, 0.3) is 5.89 Å². The third kappa shape index (κ3) is 4.33. The lowest BCUT2D eigenvalue weighted by molar-refractivity contribution is -0.0598. The minimum absolute atomic E-state index is 0.423. The molecule has 0 radical (unpaired) electrons. The van der Waals surface area contributed by atoms with Crippen molar-refractivity contribution in [2.45, 2.75) is 70.1 Å². The molecule has 0 N–H and O–H groups in total. The number of anilines is 1. The number of benzene rings is 1. The van der Waals surface area contributed by atoms with Crippen molar-refractivity contribution < 1.29 is 9.26 Å². The molecule has 2 saturated heterocycles. The molecule has 3 aliphatic rings. The van der Waals surface area contributed by atoms with Crippen LogP contribution in [0.3, 0.4) is 0 Å². The second kappa shape index (κ2) is 8.44. The zero-order chi connectivity index (χ0) is 19.6. The van der Waals surface area contributed by atoms with E-state index in [1.807, 2.05) is 6.92 Å². The van der Waals surface area contributed by atoms with Gasteiger partial charge in [0.05, 0.1) is 12.2 Å². The number of aryl methyl sites for hydroxylation is 1. The van der Waals surface area contributed by atoms with E-state index >= 15 is 0 Å². The molecule has 5 rings (SSSR count). The molecular formula is C23H32N4O2. The summed E-state index contributed by atoms with van der Waals surface area (Å²) in [5.74, 6) is 1.25. The summed E-state index contributed by atoms with van der Waals surface area (Å²) in [7, 11) is 0. The van der Waals surface area contributed by atoms with Gasteiger partial charge in [-0.05, 0) is 69.7 Å². The number of hydrogen-bond acceptors (Lipinski definition) is 6. The summed E-state index contributed by atoms with van der Waals surface area (Å²) in [5, 5.41) is 3.87. The van der Waals surface area contributed by atoms with Gasteiger partial charge < -0.3 is 19.1 Å². The molecule has 1 saturated carbocycles. The van der Waals surface area contributed by atoms with Crippen LogP contribution in [0.5, 0.6) is 0 Å². The fraction of sp³-hybridized carbons (Fsp3) is 0.652. The lowest BCUT2D eigenvalue weighted by Crippen LogP contribution is -2.47. The molecule has 2 aliphatic heterocycles. The number of piperidine rings is 2. The maximum Gasteiger partial charge on any atom is 0.257 e. The van der Waals surface area contributed by atoms with E-state index in [0.29, 0.717) is 23.9 Å². The monoisotopic (exact) mass is 396 g/mol. The molecule has 3 heterocycles. The molecule has 1 aromatic carbocycles. The summed E-state index contributed by atoms with van der Waals surface area (Å²) in [5.41, 5.74) is 2.23. The highest BCUT2D eigenvalue weighted by Crippen LogP contribution is 2.30. The first-order valence-corrected chi connectivity index (χ1v) is 11.3. The second-order valence-corrected chi connectivity index (χ2v) is 8.84. The summed E-state index contributed by atoms with van der Waals surface area (Å²) < 4.78 is 11.8. The molecule has 0 amide bonds. The number of ether oxygens (including phenoxy) is 1. The average Bonchev–Trinajstić information content (AvgIpc) is 3.15. The molecule has 0 unspecified atom stereocenters. The molecule has 1 aliphatic carbocycles. The number of aromatic nitrogens is 2. The quantitative estimate of drug-likeness (QED) is 0.760. The van der Waals surface area contributed by atoms with Gasteiger partial charge in [-0.1, -0.05) is 11.6 Å². The van der Waals surface area contributed by atoms with Crippen LogP contribution in [0.25, 0.3) is 11.5 Å². The molecule has 0 spiro atoms. The van der Waals surface area contributed by atoms with Crippen molar-refractivity contribution >= 4 is 5.69 Å². The summed E-state index contributed by atoms with van der Waals surface area (Å²) in [4.78, 5) is 9.46. The van der Waals surface area contributed by atoms with E-state index in [4.69, 9.17) is 9.26 Å². The van der Waals surface area contributed by atoms with Crippen molar-refractivity contribution in [2.24, 2.45) is 0 Å². The summed E-state index contributed by atoms with van der Waals surface area (Å²) in [6.45, 7) is 6.43. The van der Waals surface area contributed by atoms with Crippen molar-refractivity contribution in [3.05, 3.63) is 30.1 Å². The van der Waals surface area contributed by atoms with Crippen LogP contribution in [0.1, 0.15) is 50.8 Å². The van der Waals surface area contributed by atoms with E-state index in [1.165, 1.54) is 50.9 Å². The highest BCUT2D eigenvalue weighted by Gasteiger charge is 2.30. The second-order valence-electron chi connectivity index (χ2n) is 8.84. The SMILES string of the molecule is Cc1noc(-c2ccc(N3CCC(OC4CCN(C5CCC5)CC4)CC3)cc2)n1. The van der Waals surface area contributed by atoms with Gasteiger partial charge in [0.1, 0.15) is 0 Å². The molecule has 29 heavy (non-hydrogen) atoms. The van der Waals surface area contributed by atoms with Crippen molar-refractivity contribution in [1.29, 1.82) is 0 Å². The van der Waals surface area contributed by atoms with Gasteiger partial charge in [0.15, 0.2) is 5.82 Å². The van der Waals surface area contributed by atoms with E-state index in [1.54, 1.807) is 0 Å². The molecule has 6 nitrogen and oxygen atoms in total. The molecule has 1 aromatic heterocycles.